The number of ether oxygens (including phenoxy) is 1. The Labute approximate surface area is 119 Å². The van der Waals surface area contributed by atoms with Crippen molar-refractivity contribution in [3.8, 4) is 0 Å². The predicted octanol–water partition coefficient (Wildman–Crippen LogP) is 1.21. The second kappa shape index (κ2) is 5.03. The van der Waals surface area contributed by atoms with Gasteiger partial charge < -0.3 is 9.84 Å². The molecule has 0 aromatic carbocycles. The molecule has 2 aliphatic heterocycles. The maximum atomic E-state index is 12.4. The first-order chi connectivity index (χ1) is 9.22. The van der Waals surface area contributed by atoms with Crippen molar-refractivity contribution in [2.75, 3.05) is 31.3 Å². The molecule has 0 saturated heterocycles. The van der Waals surface area contributed by atoms with E-state index in [1.54, 1.807) is 11.1 Å². The molecule has 3 rings (SSSR count). The van der Waals surface area contributed by atoms with E-state index in [2.05, 4.69) is 20.9 Å². The van der Waals surface area contributed by atoms with Gasteiger partial charge in [-0.15, -0.1) is 0 Å². The average Bonchev–Trinajstić information content (AvgIpc) is 2.44. The van der Waals surface area contributed by atoms with Gasteiger partial charge in [0, 0.05) is 16.2 Å². The van der Waals surface area contributed by atoms with Crippen LogP contribution in [0.4, 0.5) is 5.82 Å². The van der Waals surface area contributed by atoms with Gasteiger partial charge in [0.1, 0.15) is 5.82 Å². The Balaban J connectivity index is 2.16. The molecule has 0 radical (unpaired) electrons. The summed E-state index contributed by atoms with van der Waals surface area (Å²) in [6, 6.07) is 1.96. The Morgan fingerprint density at radius 3 is 3.21 bits per heavy atom. The predicted molar refractivity (Wildman–Crippen MR) is 73.7 cm³/mol. The Morgan fingerprint density at radius 1 is 1.58 bits per heavy atom. The van der Waals surface area contributed by atoms with Gasteiger partial charge in [-0.2, -0.15) is 0 Å². The minimum atomic E-state index is -0.288. The summed E-state index contributed by atoms with van der Waals surface area (Å²) in [6.07, 6.45) is 3.60. The van der Waals surface area contributed by atoms with Crippen molar-refractivity contribution in [3.05, 3.63) is 28.4 Å². The highest BCUT2D eigenvalue weighted by atomic mass is 79.9. The minimum Gasteiger partial charge on any atom is -0.395 e. The van der Waals surface area contributed by atoms with Crippen LogP contribution in [0.15, 0.2) is 22.8 Å². The van der Waals surface area contributed by atoms with Crippen LogP contribution in [-0.4, -0.2) is 42.4 Å². The van der Waals surface area contributed by atoms with Crippen molar-refractivity contribution in [3.63, 3.8) is 0 Å². The van der Waals surface area contributed by atoms with Crippen molar-refractivity contribution >= 4 is 33.2 Å². The van der Waals surface area contributed by atoms with Gasteiger partial charge in [0.05, 0.1) is 32.3 Å². The van der Waals surface area contributed by atoms with E-state index in [4.69, 9.17) is 9.84 Å². The first-order valence-corrected chi connectivity index (χ1v) is 6.87. The summed E-state index contributed by atoms with van der Waals surface area (Å²) in [4.78, 5) is 18.3. The van der Waals surface area contributed by atoms with Crippen LogP contribution in [0.2, 0.25) is 0 Å². The molecule has 1 amide bonds. The van der Waals surface area contributed by atoms with Crippen molar-refractivity contribution < 1.29 is 14.6 Å². The van der Waals surface area contributed by atoms with E-state index in [1.807, 2.05) is 12.1 Å². The zero-order chi connectivity index (χ0) is 13.4. The normalized spacial score (nSPS) is 21.8. The lowest BCUT2D eigenvalue weighted by atomic mass is 9.87. The SMILES string of the molecule is O=C1[C@@H]2COCC=C2c2cc(Br)cnc2N1CCO. The zero-order valence-corrected chi connectivity index (χ0v) is 11.8. The monoisotopic (exact) mass is 324 g/mol. The van der Waals surface area contributed by atoms with Crippen LogP contribution in [0, 0.1) is 5.92 Å². The van der Waals surface area contributed by atoms with Crippen LogP contribution in [0.25, 0.3) is 5.57 Å². The molecule has 0 aliphatic carbocycles. The molecule has 100 valence electrons. The number of hydrogen-bond donors (Lipinski definition) is 1. The third kappa shape index (κ3) is 2.09. The Bertz CT molecular complexity index is 559. The molecular formula is C13H13BrN2O3. The van der Waals surface area contributed by atoms with Gasteiger partial charge in [0.25, 0.3) is 0 Å². The quantitative estimate of drug-likeness (QED) is 0.888. The molecule has 2 aliphatic rings. The second-order valence-corrected chi connectivity index (χ2v) is 5.40. The van der Waals surface area contributed by atoms with E-state index < -0.39 is 0 Å². The van der Waals surface area contributed by atoms with Crippen molar-refractivity contribution in [1.82, 2.24) is 4.98 Å². The van der Waals surface area contributed by atoms with Crippen LogP contribution < -0.4 is 4.90 Å². The number of β-amino-alcohol motifs (C(OH)–C–C–N with tert-alkyl or cyclic N) is 1. The van der Waals surface area contributed by atoms with Gasteiger partial charge >= 0.3 is 0 Å². The number of aromatic nitrogens is 1. The highest BCUT2D eigenvalue weighted by molar-refractivity contribution is 9.10. The number of rotatable bonds is 2. The number of anilines is 1. The van der Waals surface area contributed by atoms with Gasteiger partial charge in [-0.25, -0.2) is 4.98 Å². The highest BCUT2D eigenvalue weighted by Gasteiger charge is 2.38. The standard InChI is InChI=1S/C13H13BrN2O3/c14-8-5-10-9-1-4-19-7-11(9)13(18)16(2-3-17)12(10)15-6-8/h1,5-6,11,17H,2-4,7H2/t11-/m1/s1. The fourth-order valence-corrected chi connectivity index (χ4v) is 2.87. The van der Waals surface area contributed by atoms with Crippen LogP contribution in [0.3, 0.4) is 0 Å². The third-order valence-corrected chi connectivity index (χ3v) is 3.80. The molecule has 0 spiro atoms. The molecule has 0 saturated carbocycles. The second-order valence-electron chi connectivity index (χ2n) is 4.49. The number of carbonyl (C=O) groups excluding carboxylic acids is 1. The topological polar surface area (TPSA) is 62.7 Å². The molecule has 1 aromatic rings. The van der Waals surface area contributed by atoms with E-state index in [0.717, 1.165) is 15.6 Å². The van der Waals surface area contributed by atoms with Crippen LogP contribution in [-0.2, 0) is 9.53 Å². The summed E-state index contributed by atoms with van der Waals surface area (Å²) in [6.45, 7) is 1.07. The van der Waals surface area contributed by atoms with E-state index in [-0.39, 0.29) is 25.0 Å². The molecule has 6 heteroatoms. The smallest absolute Gasteiger partial charge is 0.238 e. The number of hydrogen-bond acceptors (Lipinski definition) is 4. The fourth-order valence-electron chi connectivity index (χ4n) is 2.54. The molecule has 5 nitrogen and oxygen atoms in total. The largest absolute Gasteiger partial charge is 0.395 e. The summed E-state index contributed by atoms with van der Waals surface area (Å²) in [5.41, 5.74) is 1.92. The summed E-state index contributed by atoms with van der Waals surface area (Å²) in [5, 5.41) is 9.14. The molecule has 1 aromatic heterocycles. The average molecular weight is 325 g/mol. The lowest BCUT2D eigenvalue weighted by molar-refractivity contribution is -0.122. The summed E-state index contributed by atoms with van der Waals surface area (Å²) in [5.74, 6) is 0.276. The van der Waals surface area contributed by atoms with Gasteiger partial charge in [0.15, 0.2) is 0 Å². The maximum absolute atomic E-state index is 12.4. The summed E-state index contributed by atoms with van der Waals surface area (Å²) in [7, 11) is 0. The first kappa shape index (κ1) is 12.8. The molecule has 0 bridgehead atoms. The molecule has 19 heavy (non-hydrogen) atoms. The van der Waals surface area contributed by atoms with Crippen LogP contribution in [0.1, 0.15) is 5.56 Å². The summed E-state index contributed by atoms with van der Waals surface area (Å²) < 4.78 is 6.23. The Morgan fingerprint density at radius 2 is 2.42 bits per heavy atom. The molecule has 1 N–H and O–H groups in total. The van der Waals surface area contributed by atoms with Crippen molar-refractivity contribution in [2.24, 2.45) is 5.92 Å². The number of halogens is 1. The number of pyridine rings is 1. The molecule has 1 atom stereocenters. The van der Waals surface area contributed by atoms with E-state index in [0.29, 0.717) is 19.0 Å². The number of carbonyl (C=O) groups is 1. The van der Waals surface area contributed by atoms with Gasteiger partial charge in [-0.1, -0.05) is 6.08 Å². The lowest BCUT2D eigenvalue weighted by Crippen LogP contribution is -2.45. The fraction of sp³-hybridized carbons (Fsp3) is 0.385. The number of aliphatic hydroxyl groups excluding tert-OH is 1. The molecular weight excluding hydrogens is 312 g/mol. The van der Waals surface area contributed by atoms with Gasteiger partial charge in [-0.05, 0) is 27.6 Å². The van der Waals surface area contributed by atoms with Crippen LogP contribution >= 0.6 is 15.9 Å². The first-order valence-electron chi connectivity index (χ1n) is 6.08. The molecule has 0 unspecified atom stereocenters. The van der Waals surface area contributed by atoms with Crippen LogP contribution in [0.5, 0.6) is 0 Å². The molecule has 0 fully saturated rings. The maximum Gasteiger partial charge on any atom is 0.238 e. The number of aliphatic hydroxyl groups is 1. The lowest BCUT2D eigenvalue weighted by Gasteiger charge is -2.36. The highest BCUT2D eigenvalue weighted by Crippen LogP contribution is 2.39. The number of fused-ring (bicyclic) bond motifs is 3. The third-order valence-electron chi connectivity index (χ3n) is 3.37. The molecule has 3 heterocycles. The zero-order valence-electron chi connectivity index (χ0n) is 10.2. The van der Waals surface area contributed by atoms with Gasteiger partial charge in [-0.3, -0.25) is 9.69 Å². The Kier molecular flexibility index (Phi) is 3.38. The van der Waals surface area contributed by atoms with E-state index in [9.17, 15) is 4.79 Å². The van der Waals surface area contributed by atoms with Gasteiger partial charge in [0.2, 0.25) is 5.91 Å². The van der Waals surface area contributed by atoms with Crippen molar-refractivity contribution in [1.29, 1.82) is 0 Å². The number of nitrogens with zero attached hydrogens (tertiary/aromatic N) is 2. The number of amides is 1. The summed E-state index contributed by atoms with van der Waals surface area (Å²) >= 11 is 3.41. The minimum absolute atomic E-state index is 0.0534. The van der Waals surface area contributed by atoms with E-state index >= 15 is 0 Å². The van der Waals surface area contributed by atoms with E-state index in [1.165, 1.54) is 0 Å². The van der Waals surface area contributed by atoms with Crippen molar-refractivity contribution in [2.45, 2.75) is 0 Å². The Hall–Kier alpha value is -1.24.